The molecule has 3 aromatic rings. The number of aromatic nitrogens is 3. The summed E-state index contributed by atoms with van der Waals surface area (Å²) in [5.74, 6) is 5.72. The number of benzene rings is 1. The van der Waals surface area contributed by atoms with Crippen molar-refractivity contribution in [3.8, 4) is 0 Å². The summed E-state index contributed by atoms with van der Waals surface area (Å²) in [5.41, 5.74) is 7.14. The van der Waals surface area contributed by atoms with E-state index in [2.05, 4.69) is 46.7 Å². The molecule has 1 aromatic carbocycles. The van der Waals surface area contributed by atoms with Crippen molar-refractivity contribution in [2.24, 2.45) is 5.84 Å². The van der Waals surface area contributed by atoms with Crippen LogP contribution in [0.2, 0.25) is 0 Å². The number of aryl methyl sites for hydroxylation is 1. The molecule has 5 heteroatoms. The largest absolute Gasteiger partial charge is 0.271 e. The third kappa shape index (κ3) is 2.09. The molecule has 3 N–H and O–H groups in total. The van der Waals surface area contributed by atoms with Gasteiger partial charge in [0, 0.05) is 18.0 Å². The van der Waals surface area contributed by atoms with E-state index in [1.54, 1.807) is 16.9 Å². The minimum Gasteiger partial charge on any atom is -0.271 e. The molecule has 96 valence electrons. The second kappa shape index (κ2) is 4.79. The van der Waals surface area contributed by atoms with E-state index < -0.39 is 0 Å². The van der Waals surface area contributed by atoms with Crippen LogP contribution in [-0.4, -0.2) is 14.6 Å². The summed E-state index contributed by atoms with van der Waals surface area (Å²) in [6, 6.07) is 8.19. The molecule has 0 saturated carbocycles. The zero-order chi connectivity index (χ0) is 13.2. The Morgan fingerprint density at radius 3 is 2.74 bits per heavy atom. The highest BCUT2D eigenvalue weighted by molar-refractivity contribution is 5.55. The summed E-state index contributed by atoms with van der Waals surface area (Å²) < 4.78 is 1.79. The Labute approximate surface area is 111 Å². The molecule has 0 bridgehead atoms. The van der Waals surface area contributed by atoms with Gasteiger partial charge in [-0.25, -0.2) is 9.94 Å². The fourth-order valence-corrected chi connectivity index (χ4v) is 2.20. The van der Waals surface area contributed by atoms with Crippen LogP contribution < -0.4 is 11.3 Å². The van der Waals surface area contributed by atoms with Crippen LogP contribution in [0.4, 0.5) is 0 Å². The summed E-state index contributed by atoms with van der Waals surface area (Å²) in [6.07, 6.45) is 7.14. The zero-order valence-electron chi connectivity index (χ0n) is 10.6. The van der Waals surface area contributed by atoms with E-state index in [-0.39, 0.29) is 6.04 Å². The predicted octanol–water partition coefficient (Wildman–Crippen LogP) is 1.59. The maximum absolute atomic E-state index is 5.72. The average molecular weight is 253 g/mol. The molecule has 0 aliphatic heterocycles. The van der Waals surface area contributed by atoms with Gasteiger partial charge in [0.15, 0.2) is 0 Å². The minimum atomic E-state index is -0.0951. The molecule has 0 aliphatic rings. The molecule has 0 radical (unpaired) electrons. The van der Waals surface area contributed by atoms with Crippen molar-refractivity contribution in [3.05, 3.63) is 65.7 Å². The number of nitrogens with one attached hydrogen (secondary N) is 1. The number of fused-ring (bicyclic) bond motifs is 1. The third-order valence-electron chi connectivity index (χ3n) is 3.24. The van der Waals surface area contributed by atoms with Crippen LogP contribution in [0.15, 0.2) is 49.1 Å². The van der Waals surface area contributed by atoms with Gasteiger partial charge in [-0.3, -0.25) is 10.8 Å². The molecule has 0 saturated heterocycles. The first kappa shape index (κ1) is 11.8. The van der Waals surface area contributed by atoms with Gasteiger partial charge in [0.25, 0.3) is 0 Å². The number of hydrazine groups is 1. The summed E-state index contributed by atoms with van der Waals surface area (Å²) >= 11 is 0. The van der Waals surface area contributed by atoms with Gasteiger partial charge in [0.05, 0.1) is 24.0 Å². The lowest BCUT2D eigenvalue weighted by Crippen LogP contribution is -2.28. The molecule has 19 heavy (non-hydrogen) atoms. The SMILES string of the molecule is Cc1ccc(C(NN)c2cnn3ccncc23)cc1. The Kier molecular flexibility index (Phi) is 2.98. The number of rotatable bonds is 3. The van der Waals surface area contributed by atoms with E-state index in [4.69, 9.17) is 5.84 Å². The topological polar surface area (TPSA) is 68.2 Å². The second-order valence-electron chi connectivity index (χ2n) is 4.52. The first-order valence-electron chi connectivity index (χ1n) is 6.09. The molecule has 0 fully saturated rings. The monoisotopic (exact) mass is 253 g/mol. The Morgan fingerprint density at radius 1 is 1.21 bits per heavy atom. The van der Waals surface area contributed by atoms with E-state index in [0.29, 0.717) is 0 Å². The van der Waals surface area contributed by atoms with Gasteiger partial charge in [0.2, 0.25) is 0 Å². The maximum Gasteiger partial charge on any atom is 0.0896 e. The molecule has 3 rings (SSSR count). The van der Waals surface area contributed by atoms with Gasteiger partial charge >= 0.3 is 0 Å². The normalized spacial score (nSPS) is 12.7. The van der Waals surface area contributed by atoms with Crippen molar-refractivity contribution in [1.82, 2.24) is 20.0 Å². The fourth-order valence-electron chi connectivity index (χ4n) is 2.20. The van der Waals surface area contributed by atoms with Crippen LogP contribution >= 0.6 is 0 Å². The quantitative estimate of drug-likeness (QED) is 0.549. The van der Waals surface area contributed by atoms with Crippen LogP contribution in [-0.2, 0) is 0 Å². The molecule has 1 atom stereocenters. The highest BCUT2D eigenvalue weighted by atomic mass is 15.3. The fraction of sp³-hybridized carbons (Fsp3) is 0.143. The van der Waals surface area contributed by atoms with Crippen LogP contribution in [0.25, 0.3) is 5.52 Å². The summed E-state index contributed by atoms with van der Waals surface area (Å²) in [7, 11) is 0. The Morgan fingerprint density at radius 2 is 2.00 bits per heavy atom. The minimum absolute atomic E-state index is 0.0951. The molecule has 2 aromatic heterocycles. The van der Waals surface area contributed by atoms with E-state index in [1.807, 2.05) is 12.4 Å². The molecule has 0 aliphatic carbocycles. The second-order valence-corrected chi connectivity index (χ2v) is 4.52. The smallest absolute Gasteiger partial charge is 0.0896 e. The summed E-state index contributed by atoms with van der Waals surface area (Å²) in [4.78, 5) is 4.14. The van der Waals surface area contributed by atoms with Gasteiger partial charge in [-0.15, -0.1) is 0 Å². The van der Waals surface area contributed by atoms with Crippen LogP contribution in [0.3, 0.4) is 0 Å². The van der Waals surface area contributed by atoms with Gasteiger partial charge in [-0.05, 0) is 12.5 Å². The van der Waals surface area contributed by atoms with Gasteiger partial charge in [-0.1, -0.05) is 29.8 Å². The first-order chi connectivity index (χ1) is 9.29. The summed E-state index contributed by atoms with van der Waals surface area (Å²) in [6.45, 7) is 2.06. The Balaban J connectivity index is 2.09. The van der Waals surface area contributed by atoms with Gasteiger partial charge in [-0.2, -0.15) is 5.10 Å². The molecule has 2 heterocycles. The van der Waals surface area contributed by atoms with Crippen molar-refractivity contribution >= 4 is 5.52 Å². The van der Waals surface area contributed by atoms with Crippen molar-refractivity contribution in [2.45, 2.75) is 13.0 Å². The first-order valence-corrected chi connectivity index (χ1v) is 6.09. The highest BCUT2D eigenvalue weighted by Gasteiger charge is 2.17. The lowest BCUT2D eigenvalue weighted by molar-refractivity contribution is 0.640. The molecule has 0 spiro atoms. The Bertz CT molecular complexity index is 686. The zero-order valence-corrected chi connectivity index (χ0v) is 10.6. The predicted molar refractivity (Wildman–Crippen MR) is 73.3 cm³/mol. The van der Waals surface area contributed by atoms with Crippen molar-refractivity contribution in [2.75, 3.05) is 0 Å². The number of nitrogens with zero attached hydrogens (tertiary/aromatic N) is 3. The van der Waals surface area contributed by atoms with Crippen LogP contribution in [0.5, 0.6) is 0 Å². The molecular weight excluding hydrogens is 238 g/mol. The lowest BCUT2D eigenvalue weighted by Gasteiger charge is -2.15. The third-order valence-corrected chi connectivity index (χ3v) is 3.24. The van der Waals surface area contributed by atoms with Gasteiger partial charge in [0.1, 0.15) is 0 Å². The average Bonchev–Trinajstić information content (AvgIpc) is 2.86. The van der Waals surface area contributed by atoms with Crippen molar-refractivity contribution in [3.63, 3.8) is 0 Å². The van der Waals surface area contributed by atoms with E-state index in [9.17, 15) is 0 Å². The summed E-state index contributed by atoms with van der Waals surface area (Å²) in [5, 5.41) is 4.31. The van der Waals surface area contributed by atoms with Crippen LogP contribution in [0.1, 0.15) is 22.7 Å². The van der Waals surface area contributed by atoms with E-state index >= 15 is 0 Å². The van der Waals surface area contributed by atoms with E-state index in [1.165, 1.54) is 5.56 Å². The van der Waals surface area contributed by atoms with Crippen molar-refractivity contribution in [1.29, 1.82) is 0 Å². The molecule has 1 unspecified atom stereocenters. The number of hydrogen-bond donors (Lipinski definition) is 2. The maximum atomic E-state index is 5.72. The number of hydrogen-bond acceptors (Lipinski definition) is 4. The molecule has 5 nitrogen and oxygen atoms in total. The molecular formula is C14H15N5. The lowest BCUT2D eigenvalue weighted by atomic mass is 10.00. The Hall–Kier alpha value is -2.24. The standard InChI is InChI=1S/C14H15N5/c1-10-2-4-11(5-3-10)14(18-15)12-8-17-19-7-6-16-9-13(12)19/h2-9,14,18H,15H2,1H3. The molecule has 0 amide bonds. The highest BCUT2D eigenvalue weighted by Crippen LogP contribution is 2.24. The van der Waals surface area contributed by atoms with Crippen molar-refractivity contribution < 1.29 is 0 Å². The van der Waals surface area contributed by atoms with E-state index in [0.717, 1.165) is 16.6 Å². The van der Waals surface area contributed by atoms with Gasteiger partial charge < -0.3 is 0 Å². The van der Waals surface area contributed by atoms with Crippen LogP contribution in [0, 0.1) is 6.92 Å². The number of nitrogens with two attached hydrogens (primary N) is 1.